The van der Waals surface area contributed by atoms with Crippen molar-refractivity contribution < 1.29 is 8.42 Å². The van der Waals surface area contributed by atoms with E-state index in [0.29, 0.717) is 17.5 Å². The fourth-order valence-electron chi connectivity index (χ4n) is 3.51. The van der Waals surface area contributed by atoms with Gasteiger partial charge in [-0.15, -0.1) is 0 Å². The third-order valence-corrected chi connectivity index (χ3v) is 6.47. The first kappa shape index (κ1) is 20.2. The van der Waals surface area contributed by atoms with Crippen LogP contribution in [0.15, 0.2) is 65.7 Å². The summed E-state index contributed by atoms with van der Waals surface area (Å²) in [7, 11) is -0.0987. The van der Waals surface area contributed by atoms with Gasteiger partial charge >= 0.3 is 0 Å². The van der Waals surface area contributed by atoms with Crippen LogP contribution in [0.4, 0.5) is 17.5 Å². The van der Waals surface area contributed by atoms with Crippen molar-refractivity contribution in [1.82, 2.24) is 9.97 Å². The molecule has 1 fully saturated rings. The number of anilines is 3. The number of hydrogen-bond acceptors (Lipinski definition) is 6. The van der Waals surface area contributed by atoms with Crippen molar-refractivity contribution in [1.29, 1.82) is 0 Å². The molecule has 1 saturated heterocycles. The monoisotopic (exact) mass is 423 g/mol. The van der Waals surface area contributed by atoms with Gasteiger partial charge in [0.05, 0.1) is 11.1 Å². The summed E-state index contributed by atoms with van der Waals surface area (Å²) in [5, 5.41) is 0. The summed E-state index contributed by atoms with van der Waals surface area (Å²) in [6, 6.07) is 16.7. The van der Waals surface area contributed by atoms with Crippen molar-refractivity contribution in [2.75, 3.05) is 41.7 Å². The van der Waals surface area contributed by atoms with Gasteiger partial charge < -0.3 is 9.80 Å². The topological polar surface area (TPSA) is 78.4 Å². The van der Waals surface area contributed by atoms with E-state index in [2.05, 4.69) is 19.6 Å². The molecule has 1 N–H and O–H groups in total. The van der Waals surface area contributed by atoms with Crippen molar-refractivity contribution >= 4 is 27.5 Å². The molecular weight excluding hydrogens is 398 g/mol. The molecule has 0 atom stereocenters. The number of rotatable bonds is 6. The van der Waals surface area contributed by atoms with Crippen molar-refractivity contribution in [2.45, 2.75) is 17.7 Å². The van der Waals surface area contributed by atoms with Gasteiger partial charge in [0.15, 0.2) is 5.82 Å². The molecule has 0 unspecified atom stereocenters. The maximum atomic E-state index is 13.0. The third kappa shape index (κ3) is 4.23. The van der Waals surface area contributed by atoms with E-state index in [4.69, 9.17) is 0 Å². The third-order valence-electron chi connectivity index (χ3n) is 5.08. The maximum Gasteiger partial charge on any atom is 0.262 e. The summed E-state index contributed by atoms with van der Waals surface area (Å²) in [5.41, 5.74) is 2.35. The second kappa shape index (κ2) is 8.31. The summed E-state index contributed by atoms with van der Waals surface area (Å²) in [4.78, 5) is 13.1. The van der Waals surface area contributed by atoms with E-state index in [1.165, 1.54) is 0 Å². The van der Waals surface area contributed by atoms with Gasteiger partial charge in [0.25, 0.3) is 10.0 Å². The first-order chi connectivity index (χ1) is 14.4. The minimum Gasteiger partial charge on any atom is -0.361 e. The second-order valence-electron chi connectivity index (χ2n) is 7.49. The maximum absolute atomic E-state index is 13.0. The number of benzene rings is 2. The van der Waals surface area contributed by atoms with Crippen molar-refractivity contribution in [2.24, 2.45) is 0 Å². The Kier molecular flexibility index (Phi) is 5.59. The molecule has 1 aromatic heterocycles. The number of sulfonamides is 1. The Balaban J connectivity index is 1.59. The van der Waals surface area contributed by atoms with Gasteiger partial charge in [0.2, 0.25) is 5.95 Å². The van der Waals surface area contributed by atoms with Gasteiger partial charge in [-0.25, -0.2) is 13.4 Å². The molecule has 0 spiro atoms. The van der Waals surface area contributed by atoms with E-state index < -0.39 is 10.0 Å². The van der Waals surface area contributed by atoms with E-state index in [1.54, 1.807) is 23.2 Å². The summed E-state index contributed by atoms with van der Waals surface area (Å²) >= 11 is 0. The Morgan fingerprint density at radius 3 is 2.20 bits per heavy atom. The van der Waals surface area contributed by atoms with E-state index in [0.717, 1.165) is 37.1 Å². The zero-order valence-corrected chi connectivity index (χ0v) is 17.9. The highest BCUT2D eigenvalue weighted by atomic mass is 32.2. The highest BCUT2D eigenvalue weighted by Gasteiger charge is 2.21. The summed E-state index contributed by atoms with van der Waals surface area (Å²) in [6.07, 6.45) is 3.79. The van der Waals surface area contributed by atoms with E-state index in [1.807, 2.05) is 56.6 Å². The molecule has 0 bridgehead atoms. The average Bonchev–Trinajstić information content (AvgIpc) is 3.29. The van der Waals surface area contributed by atoms with E-state index >= 15 is 0 Å². The van der Waals surface area contributed by atoms with Crippen LogP contribution in [-0.4, -0.2) is 45.6 Å². The molecular formula is C22H25N5O2S. The number of hydrogen-bond donors (Lipinski definition) is 1. The summed E-state index contributed by atoms with van der Waals surface area (Å²) < 4.78 is 28.6. The first-order valence-corrected chi connectivity index (χ1v) is 11.4. The van der Waals surface area contributed by atoms with Crippen LogP contribution < -0.4 is 14.5 Å². The van der Waals surface area contributed by atoms with E-state index in [-0.39, 0.29) is 4.90 Å². The lowest BCUT2D eigenvalue weighted by atomic mass is 10.1. The predicted octanol–water partition coefficient (Wildman–Crippen LogP) is 3.61. The van der Waals surface area contributed by atoms with Gasteiger partial charge in [-0.1, -0.05) is 42.5 Å². The summed E-state index contributed by atoms with van der Waals surface area (Å²) in [5.74, 6) is 1.17. The minimum atomic E-state index is -3.77. The van der Waals surface area contributed by atoms with Crippen LogP contribution in [0.5, 0.6) is 0 Å². The Bertz CT molecular complexity index is 1110. The van der Waals surface area contributed by atoms with Crippen LogP contribution in [0.25, 0.3) is 11.1 Å². The SMILES string of the molecule is CN(C)c1nc(N2CCCC2)ncc1NS(=O)(=O)c1ccc(-c2ccccc2)cc1. The lowest BCUT2D eigenvalue weighted by Crippen LogP contribution is -2.24. The standard InChI is InChI=1S/C22H25N5O2S/c1-26(2)21-20(16-23-22(24-21)27-14-6-7-15-27)25-30(28,29)19-12-10-18(11-13-19)17-8-4-3-5-9-17/h3-5,8-13,16,25H,6-7,14-15H2,1-2H3. The molecule has 0 radical (unpaired) electrons. The Morgan fingerprint density at radius 1 is 0.933 bits per heavy atom. The van der Waals surface area contributed by atoms with E-state index in [9.17, 15) is 8.42 Å². The fraction of sp³-hybridized carbons (Fsp3) is 0.273. The van der Waals surface area contributed by atoms with Crippen LogP contribution in [0.1, 0.15) is 12.8 Å². The van der Waals surface area contributed by atoms with Gasteiger partial charge in [0.1, 0.15) is 5.69 Å². The zero-order chi connectivity index (χ0) is 21.1. The first-order valence-electron chi connectivity index (χ1n) is 9.92. The quantitative estimate of drug-likeness (QED) is 0.653. The van der Waals surface area contributed by atoms with Gasteiger partial charge in [-0.05, 0) is 36.1 Å². The molecule has 0 saturated carbocycles. The molecule has 8 heteroatoms. The molecule has 1 aliphatic rings. The van der Waals surface area contributed by atoms with Crippen LogP contribution in [0.2, 0.25) is 0 Å². The normalized spacial score (nSPS) is 14.0. The number of nitrogens with one attached hydrogen (secondary N) is 1. The molecule has 0 amide bonds. The molecule has 2 heterocycles. The molecule has 0 aliphatic carbocycles. The van der Waals surface area contributed by atoms with Crippen molar-refractivity contribution in [3.8, 4) is 11.1 Å². The number of nitrogens with zero attached hydrogens (tertiary/aromatic N) is 4. The smallest absolute Gasteiger partial charge is 0.262 e. The molecule has 7 nitrogen and oxygen atoms in total. The lowest BCUT2D eigenvalue weighted by Gasteiger charge is -2.21. The Hall–Kier alpha value is -3.13. The predicted molar refractivity (Wildman–Crippen MR) is 120 cm³/mol. The van der Waals surface area contributed by atoms with Gasteiger partial charge in [-0.3, -0.25) is 4.72 Å². The molecule has 3 aromatic rings. The van der Waals surface area contributed by atoms with Crippen LogP contribution in [-0.2, 0) is 10.0 Å². The lowest BCUT2D eigenvalue weighted by molar-refractivity contribution is 0.601. The highest BCUT2D eigenvalue weighted by Crippen LogP contribution is 2.28. The largest absolute Gasteiger partial charge is 0.361 e. The minimum absolute atomic E-state index is 0.190. The molecule has 2 aromatic carbocycles. The fourth-order valence-corrected chi connectivity index (χ4v) is 4.55. The number of aromatic nitrogens is 2. The van der Waals surface area contributed by atoms with Crippen LogP contribution >= 0.6 is 0 Å². The van der Waals surface area contributed by atoms with Crippen molar-refractivity contribution in [3.63, 3.8) is 0 Å². The Morgan fingerprint density at radius 2 is 1.57 bits per heavy atom. The molecule has 4 rings (SSSR count). The van der Waals surface area contributed by atoms with Crippen LogP contribution in [0, 0.1) is 0 Å². The highest BCUT2D eigenvalue weighted by molar-refractivity contribution is 7.92. The van der Waals surface area contributed by atoms with Gasteiger partial charge in [0, 0.05) is 27.2 Å². The zero-order valence-electron chi connectivity index (χ0n) is 17.1. The average molecular weight is 424 g/mol. The molecule has 156 valence electrons. The molecule has 30 heavy (non-hydrogen) atoms. The van der Waals surface area contributed by atoms with Gasteiger partial charge in [-0.2, -0.15) is 4.98 Å². The van der Waals surface area contributed by atoms with Crippen LogP contribution in [0.3, 0.4) is 0 Å². The molecule has 1 aliphatic heterocycles. The van der Waals surface area contributed by atoms with Crippen molar-refractivity contribution in [3.05, 3.63) is 60.8 Å². The Labute approximate surface area is 177 Å². The summed E-state index contributed by atoms with van der Waals surface area (Å²) in [6.45, 7) is 1.84. The second-order valence-corrected chi connectivity index (χ2v) is 9.17.